The summed E-state index contributed by atoms with van der Waals surface area (Å²) in [6, 6.07) is 9.03. The molecule has 168 valence electrons. The van der Waals surface area contributed by atoms with Crippen LogP contribution >= 0.6 is 0 Å². The Labute approximate surface area is 181 Å². The Morgan fingerprint density at radius 1 is 1.10 bits per heavy atom. The van der Waals surface area contributed by atoms with Crippen LogP contribution in [-0.2, 0) is 20.2 Å². The fraction of sp³-hybridized carbons (Fsp3) is 0.739. The molecule has 7 heteroatoms. The van der Waals surface area contributed by atoms with E-state index in [9.17, 15) is 8.42 Å². The Balaban J connectivity index is 1.44. The second-order valence-electron chi connectivity index (χ2n) is 9.37. The van der Waals surface area contributed by atoms with Crippen molar-refractivity contribution in [3.05, 3.63) is 29.8 Å². The van der Waals surface area contributed by atoms with Crippen LogP contribution in [0.1, 0.15) is 51.5 Å². The Bertz CT molecular complexity index is 795. The fourth-order valence-electron chi connectivity index (χ4n) is 5.10. The zero-order chi connectivity index (χ0) is 21.2. The van der Waals surface area contributed by atoms with Crippen LogP contribution in [0.25, 0.3) is 0 Å². The predicted octanol–water partition coefficient (Wildman–Crippen LogP) is 3.02. The van der Waals surface area contributed by atoms with Crippen molar-refractivity contribution in [1.82, 2.24) is 9.21 Å². The molecule has 3 saturated heterocycles. The topological polar surface area (TPSA) is 59.1 Å². The van der Waals surface area contributed by atoms with E-state index in [0.717, 1.165) is 50.9 Å². The maximum Gasteiger partial charge on any atom is 0.214 e. The Hall–Kier alpha value is -1.15. The third kappa shape index (κ3) is 4.85. The highest BCUT2D eigenvalue weighted by atomic mass is 32.2. The lowest BCUT2D eigenvalue weighted by Gasteiger charge is -2.40. The first-order valence-corrected chi connectivity index (χ1v) is 13.1. The maximum absolute atomic E-state index is 12.4. The summed E-state index contributed by atoms with van der Waals surface area (Å²) in [5, 5.41) is 0. The van der Waals surface area contributed by atoms with Crippen LogP contribution in [0.4, 0.5) is 0 Å². The van der Waals surface area contributed by atoms with Crippen LogP contribution in [0.15, 0.2) is 24.3 Å². The highest BCUT2D eigenvalue weighted by Crippen LogP contribution is 2.38. The lowest BCUT2D eigenvalue weighted by Crippen LogP contribution is -2.45. The Morgan fingerprint density at radius 3 is 2.33 bits per heavy atom. The molecule has 0 aromatic heterocycles. The molecule has 6 nitrogen and oxygen atoms in total. The minimum atomic E-state index is -3.11. The summed E-state index contributed by atoms with van der Waals surface area (Å²) in [6.07, 6.45) is 4.84. The third-order valence-electron chi connectivity index (χ3n) is 7.11. The van der Waals surface area contributed by atoms with Crippen molar-refractivity contribution in [2.45, 2.75) is 63.5 Å². The van der Waals surface area contributed by atoms with Gasteiger partial charge in [0.2, 0.25) is 10.0 Å². The van der Waals surface area contributed by atoms with Gasteiger partial charge in [0.25, 0.3) is 0 Å². The number of sulfonamides is 1. The van der Waals surface area contributed by atoms with Crippen molar-refractivity contribution < 1.29 is 17.9 Å². The van der Waals surface area contributed by atoms with Gasteiger partial charge in [-0.15, -0.1) is 0 Å². The molecular weight excluding hydrogens is 400 g/mol. The summed E-state index contributed by atoms with van der Waals surface area (Å²) in [5.74, 6) is 1.19. The van der Waals surface area contributed by atoms with E-state index in [1.807, 2.05) is 0 Å². The highest BCUT2D eigenvalue weighted by molar-refractivity contribution is 7.89. The zero-order valence-electron chi connectivity index (χ0n) is 18.4. The molecule has 0 saturated carbocycles. The first-order valence-electron chi connectivity index (χ1n) is 11.4. The Kier molecular flexibility index (Phi) is 6.73. The second-order valence-corrected chi connectivity index (χ2v) is 11.5. The minimum absolute atomic E-state index is 0.170. The fourth-order valence-corrected chi connectivity index (χ4v) is 6.70. The first kappa shape index (κ1) is 22.1. The molecule has 30 heavy (non-hydrogen) atoms. The van der Waals surface area contributed by atoms with E-state index in [2.05, 4.69) is 43.0 Å². The number of piperidine rings is 1. The SMILES string of the molecule is CC(C)N1CCC(Oc2ccc(C3(CN4CCCS4(=O)=O)CCOCC3)cc2)CC1. The smallest absolute Gasteiger partial charge is 0.214 e. The monoisotopic (exact) mass is 436 g/mol. The third-order valence-corrected chi connectivity index (χ3v) is 9.01. The van der Waals surface area contributed by atoms with Crippen LogP contribution in [0.3, 0.4) is 0 Å². The average Bonchev–Trinajstić information content (AvgIpc) is 3.07. The molecule has 0 bridgehead atoms. The summed E-state index contributed by atoms with van der Waals surface area (Å²) in [5.41, 5.74) is 1.03. The predicted molar refractivity (Wildman–Crippen MR) is 119 cm³/mol. The summed E-state index contributed by atoms with van der Waals surface area (Å²) >= 11 is 0. The van der Waals surface area contributed by atoms with Crippen molar-refractivity contribution in [2.75, 3.05) is 45.1 Å². The molecule has 0 atom stereocenters. The molecular formula is C23H36N2O4S. The van der Waals surface area contributed by atoms with Crippen molar-refractivity contribution >= 4 is 10.0 Å². The first-order chi connectivity index (χ1) is 14.4. The number of likely N-dealkylation sites (tertiary alicyclic amines) is 1. The quantitative estimate of drug-likeness (QED) is 0.686. The molecule has 0 unspecified atom stereocenters. The van der Waals surface area contributed by atoms with Gasteiger partial charge in [-0.1, -0.05) is 12.1 Å². The molecule has 0 radical (unpaired) electrons. The highest BCUT2D eigenvalue weighted by Gasteiger charge is 2.40. The van der Waals surface area contributed by atoms with E-state index in [4.69, 9.17) is 9.47 Å². The summed E-state index contributed by atoms with van der Waals surface area (Å²) in [6.45, 7) is 9.25. The van der Waals surface area contributed by atoms with Crippen molar-refractivity contribution in [2.24, 2.45) is 0 Å². The molecule has 1 aromatic carbocycles. The van der Waals surface area contributed by atoms with Crippen LogP contribution in [-0.4, -0.2) is 74.9 Å². The molecule has 0 aliphatic carbocycles. The Morgan fingerprint density at radius 2 is 1.77 bits per heavy atom. The van der Waals surface area contributed by atoms with Gasteiger partial charge in [-0.3, -0.25) is 0 Å². The van der Waals surface area contributed by atoms with Gasteiger partial charge in [-0.05, 0) is 63.6 Å². The number of hydrogen-bond acceptors (Lipinski definition) is 5. The van der Waals surface area contributed by atoms with Gasteiger partial charge in [-0.2, -0.15) is 0 Å². The summed E-state index contributed by atoms with van der Waals surface area (Å²) in [7, 11) is -3.11. The van der Waals surface area contributed by atoms with Gasteiger partial charge in [-0.25, -0.2) is 12.7 Å². The molecule has 3 heterocycles. The minimum Gasteiger partial charge on any atom is -0.490 e. The van der Waals surface area contributed by atoms with Crippen LogP contribution in [0, 0.1) is 0 Å². The van der Waals surface area contributed by atoms with Gasteiger partial charge < -0.3 is 14.4 Å². The van der Waals surface area contributed by atoms with E-state index in [1.165, 1.54) is 5.56 Å². The number of nitrogens with zero attached hydrogens (tertiary/aromatic N) is 2. The molecule has 0 amide bonds. The number of hydrogen-bond donors (Lipinski definition) is 0. The van der Waals surface area contributed by atoms with Gasteiger partial charge in [0.05, 0.1) is 5.75 Å². The van der Waals surface area contributed by atoms with Crippen molar-refractivity contribution in [3.8, 4) is 5.75 Å². The van der Waals surface area contributed by atoms with Crippen LogP contribution in [0.2, 0.25) is 0 Å². The maximum atomic E-state index is 12.4. The van der Waals surface area contributed by atoms with Crippen LogP contribution in [0.5, 0.6) is 5.75 Å². The van der Waals surface area contributed by atoms with Gasteiger partial charge >= 0.3 is 0 Å². The summed E-state index contributed by atoms with van der Waals surface area (Å²) < 4.78 is 38.4. The van der Waals surface area contributed by atoms with Crippen LogP contribution < -0.4 is 4.74 Å². The number of benzene rings is 1. The van der Waals surface area contributed by atoms with Gasteiger partial charge in [0.15, 0.2) is 0 Å². The average molecular weight is 437 g/mol. The molecule has 3 aliphatic heterocycles. The van der Waals surface area contributed by atoms with Crippen molar-refractivity contribution in [3.63, 3.8) is 0 Å². The van der Waals surface area contributed by atoms with E-state index in [0.29, 0.717) is 32.3 Å². The summed E-state index contributed by atoms with van der Waals surface area (Å²) in [4.78, 5) is 2.50. The number of rotatable bonds is 6. The zero-order valence-corrected chi connectivity index (χ0v) is 19.2. The van der Waals surface area contributed by atoms with Gasteiger partial charge in [0, 0.05) is 50.8 Å². The number of ether oxygens (including phenoxy) is 2. The molecule has 0 spiro atoms. The molecule has 3 fully saturated rings. The van der Waals surface area contributed by atoms with E-state index >= 15 is 0 Å². The van der Waals surface area contributed by atoms with E-state index in [-0.39, 0.29) is 17.3 Å². The van der Waals surface area contributed by atoms with Gasteiger partial charge in [0.1, 0.15) is 11.9 Å². The van der Waals surface area contributed by atoms with E-state index in [1.54, 1.807) is 4.31 Å². The van der Waals surface area contributed by atoms with Crippen molar-refractivity contribution in [1.29, 1.82) is 0 Å². The molecule has 4 rings (SSSR count). The molecule has 0 N–H and O–H groups in total. The largest absolute Gasteiger partial charge is 0.490 e. The second kappa shape index (κ2) is 9.15. The normalized spacial score (nSPS) is 25.6. The lowest BCUT2D eigenvalue weighted by molar-refractivity contribution is 0.0435. The van der Waals surface area contributed by atoms with E-state index < -0.39 is 10.0 Å². The molecule has 1 aromatic rings. The standard InChI is InChI=1S/C23H36N2O4S/c1-19(2)24-13-8-22(9-14-24)29-21-6-4-20(5-7-21)23(10-15-28-16-11-23)18-25-12-3-17-30(25,26)27/h4-7,19,22H,3,8-18H2,1-2H3. The molecule has 3 aliphatic rings. The lowest BCUT2D eigenvalue weighted by atomic mass is 9.74.